The highest BCUT2D eigenvalue weighted by Crippen LogP contribution is 2.31. The molecule has 2 atom stereocenters. The van der Waals surface area contributed by atoms with Gasteiger partial charge in [-0.3, -0.25) is 9.59 Å². The minimum Gasteiger partial charge on any atom is -0.481 e. The van der Waals surface area contributed by atoms with Crippen LogP contribution in [0.1, 0.15) is 174 Å². The normalized spacial score (nSPS) is 13.5. The maximum atomic E-state index is 13.5. The average molecular weight is 600 g/mol. The van der Waals surface area contributed by atoms with Gasteiger partial charge in [0.2, 0.25) is 5.91 Å². The van der Waals surface area contributed by atoms with Crippen LogP contribution >= 0.6 is 0 Å². The maximum Gasteiger partial charge on any atom is 0.329 e. The number of rotatable bonds is 31. The van der Waals surface area contributed by atoms with E-state index in [1.165, 1.54) is 88.4 Å². The van der Waals surface area contributed by atoms with Gasteiger partial charge in [0.25, 0.3) is 0 Å². The first kappa shape index (κ1) is 40.3. The molecule has 4 N–H and O–H groups in total. The number of carboxylic acids is 2. The number of nitrogens with zero attached hydrogens (tertiary/aromatic N) is 1. The van der Waals surface area contributed by atoms with E-state index in [0.29, 0.717) is 12.8 Å². The van der Waals surface area contributed by atoms with Crippen molar-refractivity contribution in [1.82, 2.24) is 4.90 Å². The van der Waals surface area contributed by atoms with Gasteiger partial charge in [0.05, 0.1) is 12.7 Å². The zero-order valence-corrected chi connectivity index (χ0v) is 27.1. The zero-order chi connectivity index (χ0) is 31.5. The number of hydrogen-bond donors (Lipinski definition) is 4. The number of carboxylic acid groups (broad SMARTS) is 2. The Morgan fingerprint density at radius 3 is 1.40 bits per heavy atom. The smallest absolute Gasteiger partial charge is 0.329 e. The van der Waals surface area contributed by atoms with Crippen molar-refractivity contribution in [2.45, 2.75) is 186 Å². The van der Waals surface area contributed by atoms with Crippen molar-refractivity contribution in [3.8, 4) is 0 Å². The monoisotopic (exact) mass is 599 g/mol. The number of aliphatic carboxylic acids is 2. The van der Waals surface area contributed by atoms with Crippen molar-refractivity contribution in [2.24, 2.45) is 0 Å². The molecule has 0 radical (unpaired) electrons. The van der Waals surface area contributed by atoms with Crippen LogP contribution in [0.5, 0.6) is 0 Å². The summed E-state index contributed by atoms with van der Waals surface area (Å²) >= 11 is 0. The highest BCUT2D eigenvalue weighted by molar-refractivity contribution is 5.87. The molecule has 1 unspecified atom stereocenters. The van der Waals surface area contributed by atoms with Gasteiger partial charge < -0.3 is 25.3 Å². The van der Waals surface area contributed by atoms with Gasteiger partial charge in [-0.15, -0.1) is 0 Å². The van der Waals surface area contributed by atoms with Crippen LogP contribution in [0.3, 0.4) is 0 Å². The summed E-state index contributed by atoms with van der Waals surface area (Å²) in [5.74, 6) is -2.79. The fourth-order valence-corrected chi connectivity index (χ4v) is 5.84. The van der Waals surface area contributed by atoms with Gasteiger partial charge in [-0.25, -0.2) is 4.79 Å². The average Bonchev–Trinajstić information content (AvgIpc) is 2.96. The highest BCUT2D eigenvalue weighted by Gasteiger charge is 2.47. The predicted octanol–water partition coefficient (Wildman–Crippen LogP) is 7.87. The molecule has 0 saturated carbocycles. The van der Waals surface area contributed by atoms with Crippen molar-refractivity contribution in [1.29, 1.82) is 0 Å². The number of aliphatic hydroxyl groups is 2. The summed E-state index contributed by atoms with van der Waals surface area (Å²) in [5.41, 5.74) is -1.87. The summed E-state index contributed by atoms with van der Waals surface area (Å²) in [6.07, 6.45) is 21.3. The molecular weight excluding hydrogens is 534 g/mol. The van der Waals surface area contributed by atoms with E-state index in [1.807, 2.05) is 0 Å². The van der Waals surface area contributed by atoms with E-state index in [0.717, 1.165) is 38.5 Å². The maximum absolute atomic E-state index is 13.5. The lowest BCUT2D eigenvalue weighted by molar-refractivity contribution is -0.164. The predicted molar refractivity (Wildman–Crippen MR) is 170 cm³/mol. The Hall–Kier alpha value is -1.67. The minimum atomic E-state index is -1.87. The van der Waals surface area contributed by atoms with Crippen LogP contribution in [-0.4, -0.2) is 68.0 Å². The molecule has 248 valence electrons. The lowest BCUT2D eigenvalue weighted by atomic mass is 9.84. The van der Waals surface area contributed by atoms with Gasteiger partial charge in [-0.2, -0.15) is 0 Å². The second kappa shape index (κ2) is 26.9. The Balaban J connectivity index is 5.10. The largest absolute Gasteiger partial charge is 0.481 e. The lowest BCUT2D eigenvalue weighted by Gasteiger charge is -2.42. The number of carbonyl (C=O) groups is 3. The summed E-state index contributed by atoms with van der Waals surface area (Å²) in [4.78, 5) is 39.0. The molecule has 1 amide bonds. The van der Waals surface area contributed by atoms with Crippen molar-refractivity contribution in [2.75, 3.05) is 13.2 Å². The molecule has 0 aromatic rings. The second-order valence-corrected chi connectivity index (χ2v) is 12.3. The topological polar surface area (TPSA) is 135 Å². The molecule has 0 aliphatic rings. The van der Waals surface area contributed by atoms with Gasteiger partial charge in [0, 0.05) is 25.8 Å². The van der Waals surface area contributed by atoms with E-state index in [2.05, 4.69) is 13.8 Å². The first-order valence-corrected chi connectivity index (χ1v) is 17.3. The quantitative estimate of drug-likeness (QED) is 0.0595. The number of unbranched alkanes of at least 4 members (excludes halogenated alkanes) is 19. The molecule has 0 aromatic heterocycles. The van der Waals surface area contributed by atoms with Crippen LogP contribution in [0.15, 0.2) is 0 Å². The van der Waals surface area contributed by atoms with Crippen molar-refractivity contribution in [3.05, 3.63) is 0 Å². The SMILES string of the molecule is CCCCCCCCCCCCCCN(C(=O)CCCCCCCCCCC)[C@](CCC(=O)O)(CC(O)CO)C(=O)O. The second-order valence-electron chi connectivity index (χ2n) is 12.3. The molecule has 8 nitrogen and oxygen atoms in total. The Kier molecular flexibility index (Phi) is 25.8. The summed E-state index contributed by atoms with van der Waals surface area (Å²) in [6, 6.07) is 0. The highest BCUT2D eigenvalue weighted by atomic mass is 16.4. The fraction of sp³-hybridized carbons (Fsp3) is 0.912. The molecule has 8 heteroatoms. The molecule has 0 rings (SSSR count). The van der Waals surface area contributed by atoms with Gasteiger partial charge in [0.1, 0.15) is 5.54 Å². The van der Waals surface area contributed by atoms with Gasteiger partial charge in [-0.05, 0) is 19.3 Å². The molecule has 0 heterocycles. The van der Waals surface area contributed by atoms with Crippen LogP contribution < -0.4 is 0 Å². The Morgan fingerprint density at radius 2 is 1.02 bits per heavy atom. The number of hydrogen-bond acceptors (Lipinski definition) is 5. The molecule has 0 fully saturated rings. The van der Waals surface area contributed by atoms with Crippen LogP contribution in [0, 0.1) is 0 Å². The summed E-state index contributed by atoms with van der Waals surface area (Å²) in [5, 5.41) is 39.4. The molecule has 0 aliphatic heterocycles. The summed E-state index contributed by atoms with van der Waals surface area (Å²) < 4.78 is 0. The van der Waals surface area contributed by atoms with E-state index in [-0.39, 0.29) is 25.3 Å². The third-order valence-corrected chi connectivity index (χ3v) is 8.48. The van der Waals surface area contributed by atoms with Crippen LogP contribution in [0.4, 0.5) is 0 Å². The van der Waals surface area contributed by atoms with Gasteiger partial charge in [0.15, 0.2) is 0 Å². The molecule has 0 spiro atoms. The molecule has 42 heavy (non-hydrogen) atoms. The zero-order valence-electron chi connectivity index (χ0n) is 27.1. The first-order chi connectivity index (χ1) is 20.2. The summed E-state index contributed by atoms with van der Waals surface area (Å²) in [7, 11) is 0. The first-order valence-electron chi connectivity index (χ1n) is 17.3. The van der Waals surface area contributed by atoms with E-state index in [9.17, 15) is 34.8 Å². The van der Waals surface area contributed by atoms with Crippen LogP contribution in [0.2, 0.25) is 0 Å². The fourth-order valence-electron chi connectivity index (χ4n) is 5.84. The summed E-state index contributed by atoms with van der Waals surface area (Å²) in [6.45, 7) is 3.98. The molecule has 0 bridgehead atoms. The number of amides is 1. The van der Waals surface area contributed by atoms with Gasteiger partial charge >= 0.3 is 11.9 Å². The molecule has 0 aliphatic carbocycles. The van der Waals surface area contributed by atoms with E-state index < -0.39 is 43.0 Å². The van der Waals surface area contributed by atoms with E-state index >= 15 is 0 Å². The van der Waals surface area contributed by atoms with E-state index in [4.69, 9.17) is 0 Å². The third kappa shape index (κ3) is 19.5. The van der Waals surface area contributed by atoms with Crippen molar-refractivity contribution < 1.29 is 34.8 Å². The Morgan fingerprint density at radius 1 is 0.619 bits per heavy atom. The molecule has 0 aromatic carbocycles. The van der Waals surface area contributed by atoms with E-state index in [1.54, 1.807) is 0 Å². The van der Waals surface area contributed by atoms with Crippen LogP contribution in [0.25, 0.3) is 0 Å². The number of aliphatic hydroxyl groups excluding tert-OH is 2. The Labute approximate surface area is 256 Å². The third-order valence-electron chi connectivity index (χ3n) is 8.48. The molecule has 0 saturated heterocycles. The number of carbonyl (C=O) groups excluding carboxylic acids is 1. The van der Waals surface area contributed by atoms with Crippen molar-refractivity contribution in [3.63, 3.8) is 0 Å². The van der Waals surface area contributed by atoms with Gasteiger partial charge in [-0.1, -0.05) is 136 Å². The van der Waals surface area contributed by atoms with Crippen LogP contribution in [-0.2, 0) is 14.4 Å². The Bertz CT molecular complexity index is 687. The lowest BCUT2D eigenvalue weighted by Crippen LogP contribution is -2.59. The van der Waals surface area contributed by atoms with Crippen molar-refractivity contribution >= 4 is 17.8 Å². The molecular formula is C34H65NO7. The minimum absolute atomic E-state index is 0.200. The standard InChI is InChI=1S/C34H65NO7/c1-3-5-7-9-11-13-14-15-17-19-21-23-27-35(31(38)24-22-20-18-16-12-10-8-6-4-2)34(33(41)42,26-25-32(39)40)28-30(37)29-36/h30,36-37H,3-29H2,1-2H3,(H,39,40)(H,41,42)/t30?,34-/m1/s1.